The predicted octanol–water partition coefficient (Wildman–Crippen LogP) is 2.22. The molecule has 0 unspecified atom stereocenters. The Morgan fingerprint density at radius 1 is 1.18 bits per heavy atom. The number of unbranched alkanes of at least 4 members (excludes halogenated alkanes) is 1. The minimum atomic E-state index is -0.374. The number of rotatable bonds is 6. The van der Waals surface area contributed by atoms with Gasteiger partial charge in [-0.1, -0.05) is 27.2 Å². The van der Waals surface area contributed by atoms with Gasteiger partial charge in [-0.15, -0.1) is 0 Å². The Labute approximate surface area is 105 Å². The lowest BCUT2D eigenvalue weighted by Crippen LogP contribution is -2.41. The van der Waals surface area contributed by atoms with Crippen molar-refractivity contribution in [3.05, 3.63) is 20.4 Å². The van der Waals surface area contributed by atoms with E-state index in [1.165, 1.54) is 0 Å². The van der Waals surface area contributed by atoms with Gasteiger partial charge in [0.25, 0.3) is 10.9 Å². The summed E-state index contributed by atoms with van der Waals surface area (Å²) in [5.41, 5.74) is 0.302. The van der Waals surface area contributed by atoms with Crippen LogP contribution in [0.1, 0.15) is 42.0 Å². The predicted molar refractivity (Wildman–Crippen MR) is 77.2 cm³/mol. The van der Waals surface area contributed by atoms with Crippen molar-refractivity contribution in [1.29, 1.82) is 0 Å². The SMILES string of the molecule is CC.CCCCNc1c(N(C)CC)c(=O)c1=O.[HH]. The van der Waals surface area contributed by atoms with Crippen molar-refractivity contribution in [3.8, 4) is 0 Å². The summed E-state index contributed by atoms with van der Waals surface area (Å²) < 4.78 is 0. The molecule has 1 rings (SSSR count). The van der Waals surface area contributed by atoms with Gasteiger partial charge in [-0.3, -0.25) is 9.59 Å². The van der Waals surface area contributed by atoms with Gasteiger partial charge in [-0.25, -0.2) is 0 Å². The summed E-state index contributed by atoms with van der Waals surface area (Å²) in [6.07, 6.45) is 2.08. The molecule has 0 aliphatic rings. The first-order chi connectivity index (χ1) is 8.13. The van der Waals surface area contributed by atoms with Crippen molar-refractivity contribution in [2.45, 2.75) is 40.5 Å². The van der Waals surface area contributed by atoms with Gasteiger partial charge in [-0.05, 0) is 13.3 Å². The molecule has 0 aliphatic carbocycles. The highest BCUT2D eigenvalue weighted by Gasteiger charge is 2.22. The van der Waals surface area contributed by atoms with E-state index >= 15 is 0 Å². The molecule has 0 bridgehead atoms. The van der Waals surface area contributed by atoms with Gasteiger partial charge in [0.1, 0.15) is 11.4 Å². The van der Waals surface area contributed by atoms with E-state index in [2.05, 4.69) is 12.2 Å². The van der Waals surface area contributed by atoms with E-state index in [4.69, 9.17) is 0 Å². The largest absolute Gasteiger partial charge is 0.380 e. The second-order valence-electron chi connectivity index (χ2n) is 3.68. The average Bonchev–Trinajstić information content (AvgIpc) is 2.38. The Bertz CT molecular complexity index is 398. The quantitative estimate of drug-likeness (QED) is 0.614. The lowest BCUT2D eigenvalue weighted by atomic mass is 10.1. The summed E-state index contributed by atoms with van der Waals surface area (Å²) in [5, 5.41) is 3.03. The van der Waals surface area contributed by atoms with Crippen LogP contribution in [-0.4, -0.2) is 20.1 Å². The van der Waals surface area contributed by atoms with Crippen LogP contribution in [0, 0.1) is 0 Å². The molecule has 0 aliphatic heterocycles. The molecular formula is C13H26N2O2. The van der Waals surface area contributed by atoms with E-state index in [9.17, 15) is 9.59 Å². The number of nitrogens with zero attached hydrogens (tertiary/aromatic N) is 1. The highest BCUT2D eigenvalue weighted by molar-refractivity contribution is 5.74. The normalized spacial score (nSPS) is 9.71. The first-order valence-electron chi connectivity index (χ1n) is 6.41. The zero-order valence-corrected chi connectivity index (χ0v) is 11.6. The zero-order chi connectivity index (χ0) is 13.4. The Balaban J connectivity index is 0. The highest BCUT2D eigenvalue weighted by Crippen LogP contribution is 2.18. The van der Waals surface area contributed by atoms with Gasteiger partial charge in [-0.2, -0.15) is 0 Å². The lowest BCUT2D eigenvalue weighted by molar-refractivity contribution is 0.830. The van der Waals surface area contributed by atoms with Gasteiger partial charge >= 0.3 is 0 Å². The molecule has 0 radical (unpaired) electrons. The summed E-state index contributed by atoms with van der Waals surface area (Å²) in [5.74, 6) is 0. The molecule has 17 heavy (non-hydrogen) atoms. The van der Waals surface area contributed by atoms with E-state index in [1.54, 1.807) is 4.90 Å². The molecule has 0 heterocycles. The smallest absolute Gasteiger partial charge is 0.253 e. The summed E-state index contributed by atoms with van der Waals surface area (Å²) in [7, 11) is 1.82. The van der Waals surface area contributed by atoms with E-state index < -0.39 is 0 Å². The molecule has 1 N–H and O–H groups in total. The zero-order valence-electron chi connectivity index (χ0n) is 11.6. The maximum absolute atomic E-state index is 11.3. The van der Waals surface area contributed by atoms with Gasteiger partial charge in [0.15, 0.2) is 0 Å². The Morgan fingerprint density at radius 3 is 2.24 bits per heavy atom. The fourth-order valence-corrected chi connectivity index (χ4v) is 1.46. The van der Waals surface area contributed by atoms with Gasteiger partial charge in [0.2, 0.25) is 0 Å². The molecule has 0 aromatic heterocycles. The first kappa shape index (κ1) is 15.7. The molecule has 0 saturated heterocycles. The Kier molecular flexibility index (Phi) is 7.26. The van der Waals surface area contributed by atoms with Crippen LogP contribution in [-0.2, 0) is 0 Å². The third kappa shape index (κ3) is 3.58. The fourth-order valence-electron chi connectivity index (χ4n) is 1.46. The molecule has 0 saturated carbocycles. The number of hydrogen-bond donors (Lipinski definition) is 1. The molecule has 0 spiro atoms. The summed E-state index contributed by atoms with van der Waals surface area (Å²) in [6.45, 7) is 9.52. The van der Waals surface area contributed by atoms with Crippen LogP contribution in [0.4, 0.5) is 11.4 Å². The molecule has 0 amide bonds. The van der Waals surface area contributed by atoms with Crippen molar-refractivity contribution < 1.29 is 1.43 Å². The van der Waals surface area contributed by atoms with E-state index in [1.807, 2.05) is 27.8 Å². The Hall–Kier alpha value is -1.32. The maximum Gasteiger partial charge on any atom is 0.253 e. The van der Waals surface area contributed by atoms with Gasteiger partial charge < -0.3 is 10.2 Å². The number of nitrogens with one attached hydrogen (secondary N) is 1. The van der Waals surface area contributed by atoms with E-state index in [0.717, 1.165) is 25.9 Å². The molecule has 0 fully saturated rings. The Morgan fingerprint density at radius 2 is 1.76 bits per heavy atom. The van der Waals surface area contributed by atoms with Crippen molar-refractivity contribution in [1.82, 2.24) is 0 Å². The lowest BCUT2D eigenvalue weighted by Gasteiger charge is -2.21. The third-order valence-electron chi connectivity index (χ3n) is 2.57. The molecule has 1 aromatic rings. The van der Waals surface area contributed by atoms with Crippen LogP contribution in [0.15, 0.2) is 9.59 Å². The van der Waals surface area contributed by atoms with Gasteiger partial charge in [0.05, 0.1) is 0 Å². The summed E-state index contributed by atoms with van der Waals surface area (Å²) in [6, 6.07) is 0. The van der Waals surface area contributed by atoms with Crippen molar-refractivity contribution >= 4 is 11.4 Å². The van der Waals surface area contributed by atoms with Crippen LogP contribution in [0.3, 0.4) is 0 Å². The molecule has 100 valence electrons. The third-order valence-corrected chi connectivity index (χ3v) is 2.57. The topological polar surface area (TPSA) is 49.4 Å². The van der Waals surface area contributed by atoms with E-state index in [-0.39, 0.29) is 12.3 Å². The standard InChI is InChI=1S/C11H18N2O2.C2H6.H2/c1-4-6-7-12-8-9(13(3)5-2)11(15)10(8)14;1-2;/h12H,4-7H2,1-3H3;1-2H3;1H. The monoisotopic (exact) mass is 242 g/mol. The van der Waals surface area contributed by atoms with E-state index in [0.29, 0.717) is 11.4 Å². The molecule has 0 atom stereocenters. The van der Waals surface area contributed by atoms with Crippen molar-refractivity contribution in [2.24, 2.45) is 0 Å². The molecule has 4 nitrogen and oxygen atoms in total. The number of anilines is 2. The van der Waals surface area contributed by atoms with Gasteiger partial charge in [0, 0.05) is 21.6 Å². The molecule has 1 aromatic carbocycles. The van der Waals surface area contributed by atoms with Crippen LogP contribution in [0.2, 0.25) is 0 Å². The molecule has 4 heteroatoms. The fraction of sp³-hybridized carbons (Fsp3) is 0.692. The van der Waals surface area contributed by atoms with Crippen LogP contribution < -0.4 is 21.1 Å². The van der Waals surface area contributed by atoms with Crippen LogP contribution in [0.25, 0.3) is 0 Å². The molecular weight excluding hydrogens is 216 g/mol. The van der Waals surface area contributed by atoms with Crippen molar-refractivity contribution in [2.75, 3.05) is 30.4 Å². The van der Waals surface area contributed by atoms with Crippen molar-refractivity contribution in [3.63, 3.8) is 0 Å². The minimum absolute atomic E-state index is 0. The minimum Gasteiger partial charge on any atom is -0.380 e. The average molecular weight is 242 g/mol. The second kappa shape index (κ2) is 7.87. The summed E-state index contributed by atoms with van der Waals surface area (Å²) in [4.78, 5) is 24.4. The van der Waals surface area contributed by atoms with Crippen LogP contribution in [0.5, 0.6) is 0 Å². The second-order valence-corrected chi connectivity index (χ2v) is 3.68. The first-order valence-corrected chi connectivity index (χ1v) is 6.41. The maximum atomic E-state index is 11.3. The summed E-state index contributed by atoms with van der Waals surface area (Å²) >= 11 is 0. The van der Waals surface area contributed by atoms with Crippen LogP contribution >= 0.6 is 0 Å². The number of hydrogen-bond acceptors (Lipinski definition) is 4. The highest BCUT2D eigenvalue weighted by atomic mass is 16.2.